The van der Waals surface area contributed by atoms with Gasteiger partial charge in [-0.25, -0.2) is 4.79 Å². The smallest absolute Gasteiger partial charge is 0.339 e. The second kappa shape index (κ2) is 2.53. The number of esters is 1. The van der Waals surface area contributed by atoms with Gasteiger partial charge >= 0.3 is 5.97 Å². The Morgan fingerprint density at radius 1 is 1.46 bits per heavy atom. The number of phenolic OH excluding ortho intramolecular Hbond substituents is 2. The van der Waals surface area contributed by atoms with Crippen LogP contribution in [0.25, 0.3) is 0 Å². The number of fused-ring (bicyclic) bond motifs is 1. The van der Waals surface area contributed by atoms with E-state index in [-0.39, 0.29) is 17.2 Å². The molecule has 0 aliphatic carbocycles. The zero-order chi connectivity index (χ0) is 9.59. The Morgan fingerprint density at radius 2 is 2.15 bits per heavy atom. The van der Waals surface area contributed by atoms with Crippen molar-refractivity contribution in [2.24, 2.45) is 0 Å². The molecule has 0 saturated heterocycles. The molecule has 0 fully saturated rings. The highest BCUT2D eigenvalue weighted by molar-refractivity contribution is 6.33. The summed E-state index contributed by atoms with van der Waals surface area (Å²) in [5.41, 5.74) is 0.627. The molecule has 0 amide bonds. The molecule has 1 aromatic rings. The van der Waals surface area contributed by atoms with E-state index in [0.717, 1.165) is 6.07 Å². The fraction of sp³-hybridized carbons (Fsp3) is 0.125. The van der Waals surface area contributed by atoms with E-state index in [1.807, 2.05) is 0 Å². The minimum absolute atomic E-state index is 0.0270. The summed E-state index contributed by atoms with van der Waals surface area (Å²) in [6.07, 6.45) is 0. The summed E-state index contributed by atoms with van der Waals surface area (Å²) in [6.45, 7) is 0.0425. The third kappa shape index (κ3) is 1.02. The molecular weight excluding hydrogens is 196 g/mol. The molecule has 5 heteroatoms. The SMILES string of the molecule is O=C1OCc2c1cc(O)c(O)c2Cl. The first-order valence-corrected chi connectivity index (χ1v) is 3.89. The number of halogens is 1. The average Bonchev–Trinajstić information content (AvgIpc) is 2.45. The van der Waals surface area contributed by atoms with Crippen LogP contribution in [0.2, 0.25) is 5.02 Å². The minimum Gasteiger partial charge on any atom is -0.504 e. The third-order valence-corrected chi connectivity index (χ3v) is 2.30. The van der Waals surface area contributed by atoms with Crippen LogP contribution in [0.4, 0.5) is 0 Å². The van der Waals surface area contributed by atoms with E-state index in [2.05, 4.69) is 4.74 Å². The van der Waals surface area contributed by atoms with Gasteiger partial charge in [-0.1, -0.05) is 11.6 Å². The fourth-order valence-corrected chi connectivity index (χ4v) is 1.46. The largest absolute Gasteiger partial charge is 0.504 e. The summed E-state index contributed by atoms with van der Waals surface area (Å²) in [4.78, 5) is 11.0. The van der Waals surface area contributed by atoms with Gasteiger partial charge in [0.15, 0.2) is 11.5 Å². The molecule has 2 N–H and O–H groups in total. The molecule has 4 nitrogen and oxygen atoms in total. The van der Waals surface area contributed by atoms with Crippen molar-refractivity contribution >= 4 is 17.6 Å². The monoisotopic (exact) mass is 200 g/mol. The lowest BCUT2D eigenvalue weighted by Crippen LogP contribution is -1.93. The number of aromatic hydroxyl groups is 2. The predicted octanol–water partition coefficient (Wildman–Crippen LogP) is 1.42. The molecule has 2 rings (SSSR count). The molecular formula is C8H5ClO4. The maximum absolute atomic E-state index is 11.0. The van der Waals surface area contributed by atoms with Crippen molar-refractivity contribution in [3.05, 3.63) is 22.2 Å². The van der Waals surface area contributed by atoms with E-state index in [1.54, 1.807) is 0 Å². The van der Waals surface area contributed by atoms with Crippen LogP contribution in [0.1, 0.15) is 15.9 Å². The molecule has 0 aromatic heterocycles. The van der Waals surface area contributed by atoms with Crippen molar-refractivity contribution in [3.8, 4) is 11.5 Å². The highest BCUT2D eigenvalue weighted by Crippen LogP contribution is 2.40. The van der Waals surface area contributed by atoms with E-state index in [4.69, 9.17) is 16.7 Å². The van der Waals surface area contributed by atoms with Crippen LogP contribution in [0.3, 0.4) is 0 Å². The number of cyclic esters (lactones) is 1. The number of phenols is 2. The number of ether oxygens (including phenoxy) is 1. The molecule has 1 aliphatic heterocycles. The average molecular weight is 201 g/mol. The molecule has 1 aliphatic rings. The number of rotatable bonds is 0. The quantitative estimate of drug-likeness (QED) is 0.491. The van der Waals surface area contributed by atoms with Gasteiger partial charge in [-0.3, -0.25) is 0 Å². The number of carbonyl (C=O) groups excluding carboxylic acids is 1. The van der Waals surface area contributed by atoms with Gasteiger partial charge in [0.25, 0.3) is 0 Å². The van der Waals surface area contributed by atoms with Crippen LogP contribution >= 0.6 is 11.6 Å². The number of carbonyl (C=O) groups is 1. The summed E-state index contributed by atoms with van der Waals surface area (Å²) in [6, 6.07) is 1.14. The Balaban J connectivity index is 2.74. The van der Waals surface area contributed by atoms with Gasteiger partial charge in [-0.2, -0.15) is 0 Å². The summed E-state index contributed by atoms with van der Waals surface area (Å²) in [5.74, 6) is -1.37. The summed E-state index contributed by atoms with van der Waals surface area (Å²) < 4.78 is 4.67. The van der Waals surface area contributed by atoms with Crippen molar-refractivity contribution < 1.29 is 19.7 Å². The highest BCUT2D eigenvalue weighted by atomic mass is 35.5. The maximum Gasteiger partial charge on any atom is 0.339 e. The van der Waals surface area contributed by atoms with Gasteiger partial charge in [-0.05, 0) is 6.07 Å². The number of benzene rings is 1. The molecule has 1 heterocycles. The van der Waals surface area contributed by atoms with Gasteiger partial charge < -0.3 is 14.9 Å². The van der Waals surface area contributed by atoms with Crippen molar-refractivity contribution in [2.75, 3.05) is 0 Å². The maximum atomic E-state index is 11.0. The van der Waals surface area contributed by atoms with Crippen molar-refractivity contribution in [2.45, 2.75) is 6.61 Å². The second-order valence-corrected chi connectivity index (χ2v) is 3.04. The molecule has 0 radical (unpaired) electrons. The van der Waals surface area contributed by atoms with Crippen molar-refractivity contribution in [1.82, 2.24) is 0 Å². The lowest BCUT2D eigenvalue weighted by atomic mass is 10.1. The topological polar surface area (TPSA) is 66.8 Å². The molecule has 0 unspecified atom stereocenters. The van der Waals surface area contributed by atoms with Gasteiger partial charge in [0.05, 0.1) is 10.6 Å². The number of hydrogen-bond acceptors (Lipinski definition) is 4. The fourth-order valence-electron chi connectivity index (χ4n) is 1.20. The van der Waals surface area contributed by atoms with E-state index in [9.17, 15) is 9.90 Å². The van der Waals surface area contributed by atoms with Crippen LogP contribution in [0.15, 0.2) is 6.07 Å². The van der Waals surface area contributed by atoms with E-state index in [1.165, 1.54) is 0 Å². The Hall–Kier alpha value is -1.42. The molecule has 0 saturated carbocycles. The van der Waals surface area contributed by atoms with Crippen LogP contribution in [0, 0.1) is 0 Å². The molecule has 0 spiro atoms. The normalized spacial score (nSPS) is 14.1. The summed E-state index contributed by atoms with van der Waals surface area (Å²) in [7, 11) is 0. The molecule has 13 heavy (non-hydrogen) atoms. The lowest BCUT2D eigenvalue weighted by Gasteiger charge is -2.02. The first-order valence-electron chi connectivity index (χ1n) is 3.51. The molecule has 0 atom stereocenters. The van der Waals surface area contributed by atoms with Crippen LogP contribution in [-0.4, -0.2) is 16.2 Å². The molecule has 1 aromatic carbocycles. The second-order valence-electron chi connectivity index (χ2n) is 2.66. The van der Waals surface area contributed by atoms with Crippen LogP contribution in [-0.2, 0) is 11.3 Å². The first-order chi connectivity index (χ1) is 6.11. The van der Waals surface area contributed by atoms with E-state index >= 15 is 0 Å². The first kappa shape index (κ1) is 8.19. The Labute approximate surface area is 78.3 Å². The zero-order valence-electron chi connectivity index (χ0n) is 6.37. The Bertz CT molecular complexity index is 400. The summed E-state index contributed by atoms with van der Waals surface area (Å²) in [5, 5.41) is 18.3. The predicted molar refractivity (Wildman–Crippen MR) is 43.9 cm³/mol. The molecule has 0 bridgehead atoms. The Morgan fingerprint density at radius 3 is 2.85 bits per heavy atom. The molecule has 68 valence electrons. The minimum atomic E-state index is -0.535. The van der Waals surface area contributed by atoms with Gasteiger partial charge in [0, 0.05) is 5.56 Å². The van der Waals surface area contributed by atoms with Crippen molar-refractivity contribution in [1.29, 1.82) is 0 Å². The van der Waals surface area contributed by atoms with E-state index < -0.39 is 17.5 Å². The van der Waals surface area contributed by atoms with Crippen molar-refractivity contribution in [3.63, 3.8) is 0 Å². The lowest BCUT2D eigenvalue weighted by molar-refractivity contribution is 0.0535. The third-order valence-electron chi connectivity index (χ3n) is 1.89. The summed E-state index contributed by atoms with van der Waals surface area (Å²) >= 11 is 5.67. The van der Waals surface area contributed by atoms with Gasteiger partial charge in [0.2, 0.25) is 0 Å². The van der Waals surface area contributed by atoms with Crippen LogP contribution < -0.4 is 0 Å². The standard InChI is InChI=1S/C8H5ClO4/c9-6-4-2-13-8(12)3(4)1-5(10)7(6)11/h1,10-11H,2H2. The van der Waals surface area contributed by atoms with Gasteiger partial charge in [-0.15, -0.1) is 0 Å². The number of hydrogen-bond donors (Lipinski definition) is 2. The highest BCUT2D eigenvalue weighted by Gasteiger charge is 2.27. The van der Waals surface area contributed by atoms with E-state index in [0.29, 0.717) is 5.56 Å². The zero-order valence-corrected chi connectivity index (χ0v) is 7.13. The van der Waals surface area contributed by atoms with Gasteiger partial charge in [0.1, 0.15) is 6.61 Å². The Kier molecular flexibility index (Phi) is 1.60. The van der Waals surface area contributed by atoms with Crippen LogP contribution in [0.5, 0.6) is 11.5 Å².